The lowest BCUT2D eigenvalue weighted by Crippen LogP contribution is -2.23. The quantitative estimate of drug-likeness (QED) is 0.784. The van der Waals surface area contributed by atoms with Crippen LogP contribution in [0.2, 0.25) is 5.02 Å². The van der Waals surface area contributed by atoms with E-state index in [1.807, 2.05) is 6.07 Å². The third kappa shape index (κ3) is 4.59. The summed E-state index contributed by atoms with van der Waals surface area (Å²) in [6, 6.07) is 13.7. The number of nitrogens with one attached hydrogen (secondary N) is 1. The summed E-state index contributed by atoms with van der Waals surface area (Å²) in [4.78, 5) is 14.7. The maximum absolute atomic E-state index is 12.3. The van der Waals surface area contributed by atoms with Gasteiger partial charge in [0.05, 0.1) is 10.6 Å². The number of amides is 1. The molecule has 0 aromatic heterocycles. The van der Waals surface area contributed by atoms with Crippen LogP contribution >= 0.6 is 27.5 Å². The molecule has 0 spiro atoms. The molecule has 3 nitrogen and oxygen atoms in total. The van der Waals surface area contributed by atoms with Gasteiger partial charge >= 0.3 is 0 Å². The maximum Gasteiger partial charge on any atom is 0.253 e. The van der Waals surface area contributed by atoms with Crippen molar-refractivity contribution in [2.24, 2.45) is 0 Å². The highest BCUT2D eigenvalue weighted by atomic mass is 79.9. The molecule has 0 aliphatic carbocycles. The van der Waals surface area contributed by atoms with Crippen molar-refractivity contribution in [3.05, 3.63) is 68.7 Å². The van der Waals surface area contributed by atoms with Crippen LogP contribution in [0.5, 0.6) is 0 Å². The first-order valence-corrected chi connectivity index (χ1v) is 9.32. The molecular formula is C19H20BrClN2O. The van der Waals surface area contributed by atoms with Gasteiger partial charge in [0.15, 0.2) is 0 Å². The smallest absolute Gasteiger partial charge is 0.253 e. The van der Waals surface area contributed by atoms with Gasteiger partial charge in [-0.15, -0.1) is 0 Å². The standard InChI is InChI=1S/C19H20BrClN2O/c20-16-7-8-18(21)17(11-16)19(24)22-12-14-3-5-15(6-4-14)13-23-9-1-2-10-23/h3-8,11H,1-2,9-10,12-13H2,(H,22,24). The van der Waals surface area contributed by atoms with Crippen molar-refractivity contribution in [3.63, 3.8) is 0 Å². The fourth-order valence-corrected chi connectivity index (χ4v) is 3.47. The first kappa shape index (κ1) is 17.5. The summed E-state index contributed by atoms with van der Waals surface area (Å²) in [6.45, 7) is 3.91. The van der Waals surface area contributed by atoms with Gasteiger partial charge in [0, 0.05) is 17.6 Å². The first-order chi connectivity index (χ1) is 11.6. The van der Waals surface area contributed by atoms with Crippen LogP contribution in [0, 0.1) is 0 Å². The van der Waals surface area contributed by atoms with E-state index in [0.717, 1.165) is 16.6 Å². The lowest BCUT2D eigenvalue weighted by atomic mass is 10.1. The zero-order chi connectivity index (χ0) is 16.9. The Kier molecular flexibility index (Phi) is 5.93. The van der Waals surface area contributed by atoms with Crippen molar-refractivity contribution in [1.82, 2.24) is 10.2 Å². The van der Waals surface area contributed by atoms with Gasteiger partial charge in [-0.2, -0.15) is 0 Å². The molecule has 3 rings (SSSR count). The molecule has 0 bridgehead atoms. The van der Waals surface area contributed by atoms with Crippen LogP contribution < -0.4 is 5.32 Å². The van der Waals surface area contributed by atoms with E-state index < -0.39 is 0 Å². The molecule has 2 aromatic rings. The molecule has 1 saturated heterocycles. The summed E-state index contributed by atoms with van der Waals surface area (Å²) < 4.78 is 0.836. The number of carbonyl (C=O) groups is 1. The SMILES string of the molecule is O=C(NCc1ccc(CN2CCCC2)cc1)c1cc(Br)ccc1Cl. The average molecular weight is 408 g/mol. The molecule has 2 aromatic carbocycles. The summed E-state index contributed by atoms with van der Waals surface area (Å²) in [5, 5.41) is 3.38. The van der Waals surface area contributed by atoms with E-state index >= 15 is 0 Å². The molecule has 0 unspecified atom stereocenters. The second kappa shape index (κ2) is 8.15. The molecule has 24 heavy (non-hydrogen) atoms. The molecule has 1 amide bonds. The minimum Gasteiger partial charge on any atom is -0.348 e. The van der Waals surface area contributed by atoms with Crippen LogP contribution in [0.1, 0.15) is 34.3 Å². The zero-order valence-electron chi connectivity index (χ0n) is 13.4. The van der Waals surface area contributed by atoms with Gasteiger partial charge in [-0.25, -0.2) is 0 Å². The number of hydrogen-bond acceptors (Lipinski definition) is 2. The first-order valence-electron chi connectivity index (χ1n) is 8.15. The number of rotatable bonds is 5. The molecular weight excluding hydrogens is 388 g/mol. The van der Waals surface area contributed by atoms with Crippen LogP contribution in [0.15, 0.2) is 46.9 Å². The minimum absolute atomic E-state index is 0.164. The Bertz CT molecular complexity index is 712. The Morgan fingerprint density at radius 1 is 1.08 bits per heavy atom. The van der Waals surface area contributed by atoms with Crippen molar-refractivity contribution in [3.8, 4) is 0 Å². The largest absolute Gasteiger partial charge is 0.348 e. The van der Waals surface area contributed by atoms with E-state index in [2.05, 4.69) is 50.4 Å². The van der Waals surface area contributed by atoms with Crippen LogP contribution in [-0.2, 0) is 13.1 Å². The predicted molar refractivity (Wildman–Crippen MR) is 101 cm³/mol. The highest BCUT2D eigenvalue weighted by Gasteiger charge is 2.12. The summed E-state index contributed by atoms with van der Waals surface area (Å²) >= 11 is 9.45. The van der Waals surface area contributed by atoms with Crippen LogP contribution in [0.3, 0.4) is 0 Å². The molecule has 5 heteroatoms. The molecule has 1 aliphatic heterocycles. The summed E-state index contributed by atoms with van der Waals surface area (Å²) in [5.74, 6) is -0.164. The lowest BCUT2D eigenvalue weighted by Gasteiger charge is -2.14. The fourth-order valence-electron chi connectivity index (χ4n) is 2.91. The second-order valence-corrected chi connectivity index (χ2v) is 7.43. The van der Waals surface area contributed by atoms with Crippen molar-refractivity contribution < 1.29 is 4.79 Å². The average Bonchev–Trinajstić information content (AvgIpc) is 3.09. The molecule has 1 aliphatic rings. The number of carbonyl (C=O) groups excluding carboxylic acids is 1. The van der Waals surface area contributed by atoms with E-state index in [1.165, 1.54) is 31.5 Å². The summed E-state index contributed by atoms with van der Waals surface area (Å²) in [5.41, 5.74) is 2.89. The normalized spacial score (nSPS) is 14.8. The van der Waals surface area contributed by atoms with Gasteiger partial charge in [0.2, 0.25) is 0 Å². The Morgan fingerprint density at radius 2 is 1.75 bits per heavy atom. The van der Waals surface area contributed by atoms with Gasteiger partial charge in [-0.1, -0.05) is 51.8 Å². The lowest BCUT2D eigenvalue weighted by molar-refractivity contribution is 0.0951. The Balaban J connectivity index is 1.56. The number of nitrogens with zero attached hydrogens (tertiary/aromatic N) is 1. The summed E-state index contributed by atoms with van der Waals surface area (Å²) in [7, 11) is 0. The van der Waals surface area contributed by atoms with Crippen molar-refractivity contribution in [2.45, 2.75) is 25.9 Å². The van der Waals surface area contributed by atoms with E-state index in [0.29, 0.717) is 17.1 Å². The van der Waals surface area contributed by atoms with E-state index in [9.17, 15) is 4.79 Å². The van der Waals surface area contributed by atoms with Gasteiger partial charge < -0.3 is 5.32 Å². The Morgan fingerprint density at radius 3 is 2.46 bits per heavy atom. The van der Waals surface area contributed by atoms with Crippen molar-refractivity contribution in [1.29, 1.82) is 0 Å². The molecule has 1 fully saturated rings. The molecule has 1 N–H and O–H groups in total. The highest BCUT2D eigenvalue weighted by molar-refractivity contribution is 9.10. The predicted octanol–water partition coefficient (Wildman–Crippen LogP) is 4.63. The topological polar surface area (TPSA) is 32.3 Å². The molecule has 0 saturated carbocycles. The summed E-state index contributed by atoms with van der Waals surface area (Å²) in [6.07, 6.45) is 2.62. The fraction of sp³-hybridized carbons (Fsp3) is 0.316. The van der Waals surface area contributed by atoms with Crippen molar-refractivity contribution in [2.75, 3.05) is 13.1 Å². The number of hydrogen-bond donors (Lipinski definition) is 1. The van der Waals surface area contributed by atoms with E-state index in [4.69, 9.17) is 11.6 Å². The Labute approximate surface area is 156 Å². The monoisotopic (exact) mass is 406 g/mol. The van der Waals surface area contributed by atoms with E-state index in [-0.39, 0.29) is 5.91 Å². The van der Waals surface area contributed by atoms with Crippen LogP contribution in [0.25, 0.3) is 0 Å². The van der Waals surface area contributed by atoms with Crippen LogP contribution in [-0.4, -0.2) is 23.9 Å². The minimum atomic E-state index is -0.164. The van der Waals surface area contributed by atoms with Crippen LogP contribution in [0.4, 0.5) is 0 Å². The molecule has 126 valence electrons. The number of likely N-dealkylation sites (tertiary alicyclic amines) is 1. The molecule has 1 heterocycles. The van der Waals surface area contributed by atoms with E-state index in [1.54, 1.807) is 12.1 Å². The number of halogens is 2. The van der Waals surface area contributed by atoms with Gasteiger partial charge in [-0.05, 0) is 55.3 Å². The Hall–Kier alpha value is -1.36. The van der Waals surface area contributed by atoms with Gasteiger partial charge in [0.25, 0.3) is 5.91 Å². The highest BCUT2D eigenvalue weighted by Crippen LogP contribution is 2.21. The third-order valence-corrected chi connectivity index (χ3v) is 5.08. The maximum atomic E-state index is 12.3. The molecule has 0 radical (unpaired) electrons. The third-order valence-electron chi connectivity index (χ3n) is 4.25. The van der Waals surface area contributed by atoms with Gasteiger partial charge in [0.1, 0.15) is 0 Å². The zero-order valence-corrected chi connectivity index (χ0v) is 15.7. The number of benzene rings is 2. The van der Waals surface area contributed by atoms with Crippen molar-refractivity contribution >= 4 is 33.4 Å². The van der Waals surface area contributed by atoms with Gasteiger partial charge in [-0.3, -0.25) is 9.69 Å². The molecule has 0 atom stereocenters. The second-order valence-electron chi connectivity index (χ2n) is 6.11.